The van der Waals surface area contributed by atoms with Crippen LogP contribution in [0.2, 0.25) is 10.0 Å². The number of H-pyrrole nitrogens is 1. The van der Waals surface area contributed by atoms with E-state index in [2.05, 4.69) is 62.6 Å². The summed E-state index contributed by atoms with van der Waals surface area (Å²) in [4.78, 5) is 32.3. The van der Waals surface area contributed by atoms with Crippen LogP contribution in [0, 0.1) is 0 Å². The molecule has 0 fully saturated rings. The summed E-state index contributed by atoms with van der Waals surface area (Å²) in [6, 6.07) is 23.0. The monoisotopic (exact) mass is 596 g/mol. The van der Waals surface area contributed by atoms with Gasteiger partial charge < -0.3 is 10.3 Å². The third kappa shape index (κ3) is 6.09. The minimum absolute atomic E-state index is 0.101. The summed E-state index contributed by atoms with van der Waals surface area (Å²) in [7, 11) is 0. The molecule has 2 aromatic carbocycles. The normalized spacial score (nSPS) is 15.3. The Bertz CT molecular complexity index is 1640. The van der Waals surface area contributed by atoms with Crippen molar-refractivity contribution in [2.75, 3.05) is 0 Å². The molecule has 0 bridgehead atoms. The van der Waals surface area contributed by atoms with Gasteiger partial charge in [-0.1, -0.05) is 83.9 Å². The zero-order valence-corrected chi connectivity index (χ0v) is 24.4. The van der Waals surface area contributed by atoms with Gasteiger partial charge in [0.05, 0.1) is 33.4 Å². The summed E-state index contributed by atoms with van der Waals surface area (Å²) in [5.41, 5.74) is 5.91. The number of imidazole rings is 1. The van der Waals surface area contributed by atoms with Crippen LogP contribution < -0.4 is 5.32 Å². The van der Waals surface area contributed by atoms with Crippen LogP contribution in [0.1, 0.15) is 69.1 Å². The number of hydrogen-bond acceptors (Lipinski definition) is 5. The SMILES string of the molecule is O=C(NCc1cccc(CN(C2CCCc3cccnc32)C(c2ccccc2)c2ncc[nH]2)c1)c1c(Cl)cncc1Cl. The van der Waals surface area contributed by atoms with Gasteiger partial charge in [-0.15, -0.1) is 0 Å². The van der Waals surface area contributed by atoms with E-state index in [1.807, 2.05) is 36.7 Å². The van der Waals surface area contributed by atoms with Crippen molar-refractivity contribution in [2.45, 2.75) is 44.4 Å². The van der Waals surface area contributed by atoms with E-state index in [0.717, 1.165) is 47.5 Å². The molecule has 0 saturated carbocycles. The zero-order chi connectivity index (χ0) is 28.9. The number of halogens is 2. The lowest BCUT2D eigenvalue weighted by atomic mass is 9.88. The maximum absolute atomic E-state index is 12.9. The van der Waals surface area contributed by atoms with Crippen molar-refractivity contribution in [3.05, 3.63) is 147 Å². The van der Waals surface area contributed by atoms with Gasteiger partial charge in [-0.25, -0.2) is 4.98 Å². The molecule has 9 heteroatoms. The van der Waals surface area contributed by atoms with Crippen LogP contribution in [0.25, 0.3) is 0 Å². The Kier molecular flexibility index (Phi) is 8.60. The second-order valence-electron chi connectivity index (χ2n) is 10.4. The highest BCUT2D eigenvalue weighted by Gasteiger charge is 2.34. The van der Waals surface area contributed by atoms with Crippen LogP contribution in [0.3, 0.4) is 0 Å². The van der Waals surface area contributed by atoms with Gasteiger partial charge in [-0.3, -0.25) is 19.7 Å². The van der Waals surface area contributed by atoms with Crippen molar-refractivity contribution in [1.29, 1.82) is 0 Å². The van der Waals surface area contributed by atoms with Crippen LogP contribution in [0.5, 0.6) is 0 Å². The van der Waals surface area contributed by atoms with E-state index >= 15 is 0 Å². The Hall–Kier alpha value is -4.04. The van der Waals surface area contributed by atoms with E-state index in [1.54, 1.807) is 6.20 Å². The number of aryl methyl sites for hydroxylation is 1. The fourth-order valence-electron chi connectivity index (χ4n) is 5.81. The largest absolute Gasteiger partial charge is 0.348 e. The zero-order valence-electron chi connectivity index (χ0n) is 22.9. The fraction of sp³-hybridized carbons (Fsp3) is 0.212. The van der Waals surface area contributed by atoms with Crippen LogP contribution in [0.15, 0.2) is 97.7 Å². The molecule has 1 amide bonds. The van der Waals surface area contributed by atoms with Crippen LogP contribution in [-0.2, 0) is 19.5 Å². The highest BCUT2D eigenvalue weighted by molar-refractivity contribution is 6.39. The van der Waals surface area contributed by atoms with E-state index in [1.165, 1.54) is 18.0 Å². The van der Waals surface area contributed by atoms with Crippen molar-refractivity contribution in [1.82, 2.24) is 30.2 Å². The summed E-state index contributed by atoms with van der Waals surface area (Å²) in [6.07, 6.45) is 11.5. The predicted molar refractivity (Wildman–Crippen MR) is 164 cm³/mol. The molecule has 42 heavy (non-hydrogen) atoms. The average molecular weight is 598 g/mol. The van der Waals surface area contributed by atoms with Crippen molar-refractivity contribution in [2.24, 2.45) is 0 Å². The van der Waals surface area contributed by atoms with E-state index in [9.17, 15) is 4.79 Å². The van der Waals surface area contributed by atoms with E-state index in [4.69, 9.17) is 33.2 Å². The molecule has 5 aromatic rings. The number of aromatic amines is 1. The number of benzene rings is 2. The molecule has 0 spiro atoms. The molecule has 6 rings (SSSR count). The van der Waals surface area contributed by atoms with E-state index in [0.29, 0.717) is 13.1 Å². The molecule has 0 aliphatic heterocycles. The van der Waals surface area contributed by atoms with Crippen molar-refractivity contribution in [3.63, 3.8) is 0 Å². The molecule has 0 radical (unpaired) electrons. The average Bonchev–Trinajstić information content (AvgIpc) is 3.55. The fourth-order valence-corrected chi connectivity index (χ4v) is 6.34. The molecule has 2 atom stereocenters. The Morgan fingerprint density at radius 2 is 1.79 bits per heavy atom. The highest BCUT2D eigenvalue weighted by Crippen LogP contribution is 2.41. The topological polar surface area (TPSA) is 86.8 Å². The first kappa shape index (κ1) is 28.1. The van der Waals surface area contributed by atoms with Crippen molar-refractivity contribution in [3.8, 4) is 0 Å². The van der Waals surface area contributed by atoms with Crippen LogP contribution in [-0.4, -0.2) is 30.7 Å². The molecule has 212 valence electrons. The molecule has 0 saturated heterocycles. The number of carbonyl (C=O) groups is 1. The number of rotatable bonds is 9. The number of pyridine rings is 2. The predicted octanol–water partition coefficient (Wildman–Crippen LogP) is 7.11. The lowest BCUT2D eigenvalue weighted by Crippen LogP contribution is -2.36. The van der Waals surface area contributed by atoms with Crippen molar-refractivity contribution >= 4 is 29.1 Å². The van der Waals surface area contributed by atoms with Crippen LogP contribution >= 0.6 is 23.2 Å². The minimum atomic E-state index is -0.341. The summed E-state index contributed by atoms with van der Waals surface area (Å²) >= 11 is 12.4. The number of hydrogen-bond donors (Lipinski definition) is 2. The van der Waals surface area contributed by atoms with Gasteiger partial charge in [0.25, 0.3) is 5.91 Å². The third-order valence-electron chi connectivity index (χ3n) is 7.68. The Balaban J connectivity index is 1.32. The number of fused-ring (bicyclic) bond motifs is 1. The van der Waals surface area contributed by atoms with Gasteiger partial charge in [-0.05, 0) is 47.6 Å². The number of aromatic nitrogens is 4. The first-order valence-electron chi connectivity index (χ1n) is 14.0. The molecule has 3 heterocycles. The molecule has 2 unspecified atom stereocenters. The Morgan fingerprint density at radius 1 is 0.976 bits per heavy atom. The number of nitrogens with one attached hydrogen (secondary N) is 2. The van der Waals surface area contributed by atoms with Gasteiger partial charge in [0.1, 0.15) is 5.82 Å². The molecule has 1 aliphatic rings. The second-order valence-corrected chi connectivity index (χ2v) is 11.2. The quantitative estimate of drug-likeness (QED) is 0.189. The smallest absolute Gasteiger partial charge is 0.254 e. The Labute approximate surface area is 255 Å². The van der Waals surface area contributed by atoms with E-state index in [-0.39, 0.29) is 33.6 Å². The molecule has 7 nitrogen and oxygen atoms in total. The lowest BCUT2D eigenvalue weighted by molar-refractivity contribution is 0.0951. The number of amides is 1. The summed E-state index contributed by atoms with van der Waals surface area (Å²) < 4.78 is 0. The van der Waals surface area contributed by atoms with Gasteiger partial charge >= 0.3 is 0 Å². The molecule has 2 N–H and O–H groups in total. The van der Waals surface area contributed by atoms with Crippen LogP contribution in [0.4, 0.5) is 0 Å². The first-order chi connectivity index (χ1) is 20.6. The molecule has 3 aromatic heterocycles. The number of nitrogens with zero attached hydrogens (tertiary/aromatic N) is 4. The lowest BCUT2D eigenvalue weighted by Gasteiger charge is -2.40. The standard InChI is InChI=1S/C33H30Cl2N6O/c34-26-19-36-20-27(35)29(26)33(42)40-18-22-7-4-8-23(17-22)21-41(28-13-5-11-24-12-6-14-37-30(24)28)31(32-38-15-16-39-32)25-9-2-1-3-10-25/h1-4,6-10,12,14-17,19-20,28,31H,5,11,13,18,21H2,(H,38,39)(H,40,42). The maximum Gasteiger partial charge on any atom is 0.254 e. The number of carbonyl (C=O) groups excluding carboxylic acids is 1. The summed E-state index contributed by atoms with van der Waals surface area (Å²) in [5.74, 6) is 0.546. The van der Waals surface area contributed by atoms with Gasteiger partial charge in [0.2, 0.25) is 0 Å². The molecule has 1 aliphatic carbocycles. The van der Waals surface area contributed by atoms with Crippen molar-refractivity contribution < 1.29 is 4.79 Å². The molecular weight excluding hydrogens is 567 g/mol. The highest BCUT2D eigenvalue weighted by atomic mass is 35.5. The molecular formula is C33H30Cl2N6O. The minimum Gasteiger partial charge on any atom is -0.348 e. The van der Waals surface area contributed by atoms with Gasteiger partial charge in [0.15, 0.2) is 0 Å². The van der Waals surface area contributed by atoms with E-state index < -0.39 is 0 Å². The summed E-state index contributed by atoms with van der Waals surface area (Å²) in [5, 5.41) is 3.39. The maximum atomic E-state index is 12.9. The summed E-state index contributed by atoms with van der Waals surface area (Å²) in [6.45, 7) is 0.987. The first-order valence-corrected chi connectivity index (χ1v) is 14.7. The Morgan fingerprint density at radius 3 is 2.57 bits per heavy atom. The third-order valence-corrected chi connectivity index (χ3v) is 8.25. The van der Waals surface area contributed by atoms with Gasteiger partial charge in [0, 0.05) is 44.1 Å². The second kappa shape index (κ2) is 12.9. The van der Waals surface area contributed by atoms with Gasteiger partial charge in [-0.2, -0.15) is 0 Å².